The third-order valence-corrected chi connectivity index (χ3v) is 6.56. The molecule has 0 radical (unpaired) electrons. The number of hydrogen-bond donors (Lipinski definition) is 5. The highest BCUT2D eigenvalue weighted by atomic mass is 19.4. The lowest BCUT2D eigenvalue weighted by molar-refractivity contribution is -0.112. The Hall–Kier alpha value is -4.41. The van der Waals surface area contributed by atoms with Crippen molar-refractivity contribution >= 4 is 23.0 Å². The van der Waals surface area contributed by atoms with Gasteiger partial charge in [0, 0.05) is 11.3 Å². The van der Waals surface area contributed by atoms with Gasteiger partial charge in [-0.05, 0) is 66.8 Å². The van der Waals surface area contributed by atoms with E-state index in [9.17, 15) is 22.4 Å². The van der Waals surface area contributed by atoms with Crippen LogP contribution in [-0.2, 0) is 4.79 Å². The van der Waals surface area contributed by atoms with Gasteiger partial charge in [-0.1, -0.05) is 61.7 Å². The minimum Gasteiger partial charge on any atom is -0.351 e. The zero-order chi connectivity index (χ0) is 29.6. The zero-order valence-electron chi connectivity index (χ0n) is 22.1. The smallest absolute Gasteiger partial charge is 0.351 e. The maximum atomic E-state index is 14.9. The number of anilines is 2. The summed E-state index contributed by atoms with van der Waals surface area (Å²) in [5.41, 5.74) is 2.27. The van der Waals surface area contributed by atoms with Crippen LogP contribution in [0.1, 0.15) is 35.6 Å². The van der Waals surface area contributed by atoms with Crippen molar-refractivity contribution < 1.29 is 27.6 Å². The van der Waals surface area contributed by atoms with Crippen LogP contribution in [0.4, 0.5) is 28.9 Å². The average Bonchev–Trinajstić information content (AvgIpc) is 3.78. The molecule has 1 fully saturated rings. The molecule has 6 nitrogen and oxygen atoms in total. The largest absolute Gasteiger partial charge is 0.415 e. The van der Waals surface area contributed by atoms with E-state index in [2.05, 4.69) is 29.1 Å². The molecule has 1 saturated carbocycles. The number of halogens is 4. The summed E-state index contributed by atoms with van der Waals surface area (Å²) in [7, 11) is 0. The fourth-order valence-electron chi connectivity index (χ4n) is 4.11. The maximum Gasteiger partial charge on any atom is 0.415 e. The van der Waals surface area contributed by atoms with Crippen LogP contribution in [0.25, 0.3) is 5.70 Å². The number of allylic oxidation sites excluding steroid dienone is 2. The number of alkyl halides is 3. The van der Waals surface area contributed by atoms with Crippen LogP contribution in [0.2, 0.25) is 0 Å². The summed E-state index contributed by atoms with van der Waals surface area (Å²) >= 11 is 0. The van der Waals surface area contributed by atoms with Crippen LogP contribution in [0.5, 0.6) is 0 Å². The molecule has 3 aromatic carbocycles. The second kappa shape index (κ2) is 12.8. The van der Waals surface area contributed by atoms with Crippen molar-refractivity contribution in [2.45, 2.75) is 25.1 Å². The first-order valence-electron chi connectivity index (χ1n) is 12.9. The fourth-order valence-corrected chi connectivity index (χ4v) is 4.11. The molecule has 1 unspecified atom stereocenters. The Kier molecular flexibility index (Phi) is 9.26. The van der Waals surface area contributed by atoms with Gasteiger partial charge < -0.3 is 16.0 Å². The van der Waals surface area contributed by atoms with Crippen LogP contribution >= 0.6 is 0 Å². The molecule has 214 valence electrons. The second-order valence-corrected chi connectivity index (χ2v) is 9.77. The van der Waals surface area contributed by atoms with E-state index in [0.717, 1.165) is 24.9 Å². The Bertz CT molecular complexity index is 1450. The molecule has 0 aromatic heterocycles. The van der Waals surface area contributed by atoms with Gasteiger partial charge >= 0.3 is 6.18 Å². The molecule has 1 aliphatic carbocycles. The third kappa shape index (κ3) is 8.06. The van der Waals surface area contributed by atoms with Gasteiger partial charge in [0.05, 0.1) is 23.0 Å². The molecule has 3 aromatic rings. The maximum absolute atomic E-state index is 14.9. The van der Waals surface area contributed by atoms with Crippen molar-refractivity contribution in [3.05, 3.63) is 126 Å². The molecule has 1 atom stereocenters. The third-order valence-electron chi connectivity index (χ3n) is 6.56. The highest BCUT2D eigenvalue weighted by Crippen LogP contribution is 2.32. The summed E-state index contributed by atoms with van der Waals surface area (Å²) in [6.45, 7) is 7.42. The molecule has 0 spiro atoms. The number of benzene rings is 3. The summed E-state index contributed by atoms with van der Waals surface area (Å²) in [5.74, 6) is -1.19. The van der Waals surface area contributed by atoms with Gasteiger partial charge in [0.25, 0.3) is 5.91 Å². The Morgan fingerprint density at radius 1 is 0.976 bits per heavy atom. The highest BCUT2D eigenvalue weighted by Gasteiger charge is 2.31. The number of nitrogens with one attached hydrogen (secondary N) is 4. The standard InChI is InChI=1S/C31H30F4N4O2/c1-19(31(33,34)35)15-28(37-25-10-6-9-23(16-25)20(2)39-41)30(40)38-27-17-24(13-14-26(27)32)29(36-18-21-11-12-21)22-7-4-3-5-8-22/h3-10,13-17,21,29,36-37,39,41H,1-2,11-12,18H2,(H,38,40)/b28-15-. The van der Waals surface area contributed by atoms with E-state index >= 15 is 0 Å². The van der Waals surface area contributed by atoms with Gasteiger partial charge in [-0.25, -0.2) is 4.39 Å². The summed E-state index contributed by atoms with van der Waals surface area (Å²) in [4.78, 5) is 13.3. The van der Waals surface area contributed by atoms with Crippen molar-refractivity contribution in [1.29, 1.82) is 0 Å². The predicted molar refractivity (Wildman–Crippen MR) is 151 cm³/mol. The van der Waals surface area contributed by atoms with Gasteiger partial charge in [0.15, 0.2) is 0 Å². The van der Waals surface area contributed by atoms with Gasteiger partial charge in [-0.15, -0.1) is 0 Å². The van der Waals surface area contributed by atoms with Gasteiger partial charge in [0.2, 0.25) is 0 Å². The first-order valence-corrected chi connectivity index (χ1v) is 12.9. The van der Waals surface area contributed by atoms with Crippen LogP contribution in [0, 0.1) is 11.7 Å². The van der Waals surface area contributed by atoms with E-state index < -0.39 is 29.2 Å². The first kappa shape index (κ1) is 29.6. The molecule has 41 heavy (non-hydrogen) atoms. The van der Waals surface area contributed by atoms with Crippen molar-refractivity contribution in [2.75, 3.05) is 17.2 Å². The number of carbonyl (C=O) groups excluding carboxylic acids is 1. The minimum absolute atomic E-state index is 0.130. The van der Waals surface area contributed by atoms with Gasteiger partial charge in [-0.2, -0.15) is 13.2 Å². The number of amides is 1. The molecular weight excluding hydrogens is 536 g/mol. The van der Waals surface area contributed by atoms with Gasteiger partial charge in [-0.3, -0.25) is 15.5 Å². The quantitative estimate of drug-likeness (QED) is 0.0712. The number of hydrogen-bond acceptors (Lipinski definition) is 5. The Balaban J connectivity index is 1.63. The van der Waals surface area contributed by atoms with E-state index in [-0.39, 0.29) is 23.1 Å². The normalized spacial score (nSPS) is 14.2. The molecule has 5 N–H and O–H groups in total. The van der Waals surface area contributed by atoms with Crippen LogP contribution < -0.4 is 21.4 Å². The molecule has 10 heteroatoms. The van der Waals surface area contributed by atoms with E-state index in [4.69, 9.17) is 5.21 Å². The van der Waals surface area contributed by atoms with E-state index in [0.29, 0.717) is 23.1 Å². The molecule has 0 aliphatic heterocycles. The molecule has 0 saturated heterocycles. The summed E-state index contributed by atoms with van der Waals surface area (Å²) < 4.78 is 54.9. The molecular formula is C31H30F4N4O2. The Morgan fingerprint density at radius 2 is 1.71 bits per heavy atom. The summed E-state index contributed by atoms with van der Waals surface area (Å²) in [6.07, 6.45) is -1.98. The average molecular weight is 567 g/mol. The topological polar surface area (TPSA) is 85.4 Å². The zero-order valence-corrected chi connectivity index (χ0v) is 22.1. The summed E-state index contributed by atoms with van der Waals surface area (Å²) in [6, 6.07) is 19.7. The van der Waals surface area contributed by atoms with Crippen LogP contribution in [-0.4, -0.2) is 23.8 Å². The van der Waals surface area contributed by atoms with Crippen molar-refractivity contribution in [3.8, 4) is 0 Å². The number of hydroxylamine groups is 1. The van der Waals surface area contributed by atoms with E-state index in [1.165, 1.54) is 24.3 Å². The van der Waals surface area contributed by atoms with Crippen molar-refractivity contribution in [1.82, 2.24) is 10.8 Å². The molecule has 1 amide bonds. The van der Waals surface area contributed by atoms with Gasteiger partial charge in [0.1, 0.15) is 11.5 Å². The molecule has 1 aliphatic rings. The fraction of sp³-hybridized carbons (Fsp3) is 0.194. The highest BCUT2D eigenvalue weighted by molar-refractivity contribution is 6.06. The monoisotopic (exact) mass is 566 g/mol. The lowest BCUT2D eigenvalue weighted by Gasteiger charge is -2.21. The predicted octanol–water partition coefficient (Wildman–Crippen LogP) is 6.92. The SMILES string of the molecule is C=C(NO)c1cccc(N/C(=C\C(=C)C(F)(F)F)C(=O)Nc2cc(C(NCC3CC3)c3ccccc3)ccc2F)c1. The number of rotatable bonds is 12. The lowest BCUT2D eigenvalue weighted by Crippen LogP contribution is -2.25. The molecule has 4 rings (SSSR count). The van der Waals surface area contributed by atoms with Crippen molar-refractivity contribution in [3.63, 3.8) is 0 Å². The van der Waals surface area contributed by atoms with Crippen LogP contribution in [0.15, 0.2) is 103 Å². The lowest BCUT2D eigenvalue weighted by atomic mass is 9.97. The van der Waals surface area contributed by atoms with Crippen molar-refractivity contribution in [2.24, 2.45) is 5.92 Å². The van der Waals surface area contributed by atoms with Crippen LogP contribution in [0.3, 0.4) is 0 Å². The second-order valence-electron chi connectivity index (χ2n) is 9.77. The molecule has 0 bridgehead atoms. The molecule has 0 heterocycles. The Morgan fingerprint density at radius 3 is 2.37 bits per heavy atom. The van der Waals surface area contributed by atoms with E-state index in [1.807, 2.05) is 35.8 Å². The first-order chi connectivity index (χ1) is 19.5. The number of carbonyl (C=O) groups is 1. The Labute approximate surface area is 235 Å². The minimum atomic E-state index is -4.80. The summed E-state index contributed by atoms with van der Waals surface area (Å²) in [5, 5.41) is 17.7. The van der Waals surface area contributed by atoms with E-state index in [1.54, 1.807) is 18.2 Å².